The summed E-state index contributed by atoms with van der Waals surface area (Å²) in [6.45, 7) is 0. The third-order valence-electron chi connectivity index (χ3n) is 1.55. The molecule has 2 aromatic rings. The first-order valence-electron chi connectivity index (χ1n) is 3.71. The first-order valence-corrected chi connectivity index (χ1v) is 3.71. The van der Waals surface area contributed by atoms with Gasteiger partial charge in [0.05, 0.1) is 0 Å². The Morgan fingerprint density at radius 3 is 2.54 bits per heavy atom. The number of rotatable bonds is 1. The van der Waals surface area contributed by atoms with Gasteiger partial charge in [0.2, 0.25) is 0 Å². The summed E-state index contributed by atoms with van der Waals surface area (Å²) in [4.78, 5) is 8.07. The number of nitrogens with zero attached hydrogens (tertiary/aromatic N) is 2. The van der Waals surface area contributed by atoms with Crippen molar-refractivity contribution in [1.29, 1.82) is 0 Å². The molecular weight excluding hydrogens is 340 g/mol. The van der Waals surface area contributed by atoms with Gasteiger partial charge in [0.1, 0.15) is 0 Å². The van der Waals surface area contributed by atoms with Gasteiger partial charge in [0.15, 0.2) is 0 Å². The molecule has 0 saturated heterocycles. The SMILES string of the molecule is [Ir].[c-]1ncccc1-c1ccccn1. The number of pyridine rings is 2. The van der Waals surface area contributed by atoms with E-state index < -0.39 is 0 Å². The minimum absolute atomic E-state index is 0. The predicted octanol–water partition coefficient (Wildman–Crippen LogP) is 1.94. The van der Waals surface area contributed by atoms with E-state index in [1.54, 1.807) is 12.4 Å². The largest absolute Gasteiger partial charge is 0.360 e. The van der Waals surface area contributed by atoms with Crippen molar-refractivity contribution in [2.75, 3.05) is 0 Å². The summed E-state index contributed by atoms with van der Waals surface area (Å²) in [6, 6.07) is 9.59. The van der Waals surface area contributed by atoms with E-state index in [1.807, 2.05) is 30.3 Å². The molecule has 13 heavy (non-hydrogen) atoms. The molecule has 2 heterocycles. The van der Waals surface area contributed by atoms with Gasteiger partial charge in [0, 0.05) is 26.3 Å². The second-order valence-corrected chi connectivity index (χ2v) is 2.38. The van der Waals surface area contributed by atoms with Gasteiger partial charge >= 0.3 is 0 Å². The summed E-state index contributed by atoms with van der Waals surface area (Å²) < 4.78 is 0. The molecule has 0 unspecified atom stereocenters. The zero-order valence-corrected chi connectivity index (χ0v) is 9.16. The van der Waals surface area contributed by atoms with Gasteiger partial charge in [-0.25, -0.2) is 0 Å². The van der Waals surface area contributed by atoms with Crippen LogP contribution >= 0.6 is 0 Å². The van der Waals surface area contributed by atoms with E-state index in [-0.39, 0.29) is 20.1 Å². The second kappa shape index (κ2) is 4.85. The molecule has 0 aliphatic heterocycles. The van der Waals surface area contributed by atoms with Crippen molar-refractivity contribution in [2.24, 2.45) is 0 Å². The van der Waals surface area contributed by atoms with Crippen molar-refractivity contribution in [3.05, 3.63) is 48.9 Å². The standard InChI is InChI=1S/C10H7N2.Ir/c1-2-7-12-10(5-1)9-4-3-6-11-8-9;/h1-7H;/q-1;. The van der Waals surface area contributed by atoms with Gasteiger partial charge in [-0.15, -0.1) is 17.7 Å². The fourth-order valence-electron chi connectivity index (χ4n) is 0.991. The van der Waals surface area contributed by atoms with Crippen LogP contribution in [0, 0.1) is 6.20 Å². The normalized spacial score (nSPS) is 8.92. The maximum absolute atomic E-state index is 4.18. The summed E-state index contributed by atoms with van der Waals surface area (Å²) in [5.41, 5.74) is 1.84. The smallest absolute Gasteiger partial charge is 0.0160 e. The van der Waals surface area contributed by atoms with E-state index in [2.05, 4.69) is 16.2 Å². The van der Waals surface area contributed by atoms with Crippen molar-refractivity contribution in [3.63, 3.8) is 0 Å². The predicted molar refractivity (Wildman–Crippen MR) is 46.3 cm³/mol. The van der Waals surface area contributed by atoms with E-state index in [4.69, 9.17) is 0 Å². The first-order chi connectivity index (χ1) is 5.97. The van der Waals surface area contributed by atoms with E-state index in [0.717, 1.165) is 11.3 Å². The fraction of sp³-hybridized carbons (Fsp3) is 0. The van der Waals surface area contributed by atoms with Gasteiger partial charge in [-0.05, 0) is 18.0 Å². The average molecular weight is 347 g/mol. The van der Waals surface area contributed by atoms with Crippen LogP contribution in [0.15, 0.2) is 42.7 Å². The summed E-state index contributed by atoms with van der Waals surface area (Å²) in [5.74, 6) is 0. The molecule has 2 aromatic heterocycles. The average Bonchev–Trinajstić information content (AvgIpc) is 2.21. The summed E-state index contributed by atoms with van der Waals surface area (Å²) in [6.07, 6.45) is 6.33. The molecule has 0 fully saturated rings. The minimum atomic E-state index is 0. The Hall–Kier alpha value is -1.05. The van der Waals surface area contributed by atoms with Crippen LogP contribution in [0.3, 0.4) is 0 Å². The molecule has 0 spiro atoms. The molecule has 0 amide bonds. The molecule has 67 valence electrons. The molecule has 3 heteroatoms. The maximum Gasteiger partial charge on any atom is 0.0160 e. The monoisotopic (exact) mass is 348 g/mol. The number of hydrogen-bond acceptors (Lipinski definition) is 2. The molecule has 0 aliphatic carbocycles. The van der Waals surface area contributed by atoms with Crippen LogP contribution in [0.2, 0.25) is 0 Å². The fourth-order valence-corrected chi connectivity index (χ4v) is 0.991. The third kappa shape index (κ3) is 2.44. The van der Waals surface area contributed by atoms with Crippen LogP contribution in [0.5, 0.6) is 0 Å². The first kappa shape index (κ1) is 10.0. The maximum atomic E-state index is 4.18. The Morgan fingerprint density at radius 1 is 1.00 bits per heavy atom. The molecule has 0 saturated carbocycles. The van der Waals surface area contributed by atoms with Crippen LogP contribution in [-0.4, -0.2) is 9.97 Å². The van der Waals surface area contributed by atoms with E-state index >= 15 is 0 Å². The second-order valence-electron chi connectivity index (χ2n) is 2.38. The topological polar surface area (TPSA) is 25.8 Å². The van der Waals surface area contributed by atoms with Gasteiger partial charge in [-0.1, -0.05) is 18.3 Å². The Kier molecular flexibility index (Phi) is 3.74. The van der Waals surface area contributed by atoms with Crippen molar-refractivity contribution >= 4 is 0 Å². The number of aromatic nitrogens is 2. The number of hydrogen-bond donors (Lipinski definition) is 0. The van der Waals surface area contributed by atoms with Crippen LogP contribution < -0.4 is 0 Å². The summed E-state index contributed by atoms with van der Waals surface area (Å²) >= 11 is 0. The van der Waals surface area contributed by atoms with Crippen molar-refractivity contribution in [2.45, 2.75) is 0 Å². The van der Waals surface area contributed by atoms with Gasteiger partial charge in [-0.2, -0.15) is 0 Å². The molecule has 2 nitrogen and oxygen atoms in total. The Labute approximate surface area is 90.4 Å². The van der Waals surface area contributed by atoms with Crippen molar-refractivity contribution < 1.29 is 20.1 Å². The van der Waals surface area contributed by atoms with E-state index in [1.165, 1.54) is 0 Å². The van der Waals surface area contributed by atoms with E-state index in [0.29, 0.717) is 0 Å². The molecule has 0 aromatic carbocycles. The minimum Gasteiger partial charge on any atom is -0.360 e. The van der Waals surface area contributed by atoms with E-state index in [9.17, 15) is 0 Å². The van der Waals surface area contributed by atoms with Crippen LogP contribution in [0.1, 0.15) is 0 Å². The van der Waals surface area contributed by atoms with Crippen LogP contribution in [-0.2, 0) is 20.1 Å². The molecule has 1 radical (unpaired) electrons. The Morgan fingerprint density at radius 2 is 1.92 bits per heavy atom. The van der Waals surface area contributed by atoms with Gasteiger partial charge < -0.3 is 9.97 Å². The summed E-state index contributed by atoms with van der Waals surface area (Å²) in [5, 5.41) is 0. The molecule has 2 rings (SSSR count). The molecule has 0 bridgehead atoms. The Bertz CT molecular complexity index is 310. The third-order valence-corrected chi connectivity index (χ3v) is 1.55. The zero-order valence-electron chi connectivity index (χ0n) is 6.77. The molecular formula is C10H7IrN2-. The van der Waals surface area contributed by atoms with Crippen LogP contribution in [0.4, 0.5) is 0 Å². The summed E-state index contributed by atoms with van der Waals surface area (Å²) in [7, 11) is 0. The molecule has 0 aliphatic rings. The van der Waals surface area contributed by atoms with Crippen LogP contribution in [0.25, 0.3) is 11.3 Å². The quantitative estimate of drug-likeness (QED) is 0.737. The zero-order chi connectivity index (χ0) is 8.23. The van der Waals surface area contributed by atoms with Gasteiger partial charge in [-0.3, -0.25) is 0 Å². The van der Waals surface area contributed by atoms with Crippen molar-refractivity contribution in [1.82, 2.24) is 9.97 Å². The molecule has 0 atom stereocenters. The Balaban J connectivity index is 0.000000845. The van der Waals surface area contributed by atoms with Crippen molar-refractivity contribution in [3.8, 4) is 11.3 Å². The van der Waals surface area contributed by atoms with Gasteiger partial charge in [0.25, 0.3) is 0 Å². The molecule has 0 N–H and O–H groups in total.